The summed E-state index contributed by atoms with van der Waals surface area (Å²) >= 11 is 1.28. The van der Waals surface area contributed by atoms with Gasteiger partial charge in [0, 0.05) is 6.04 Å². The number of fused-ring (bicyclic) bond motifs is 1. The van der Waals surface area contributed by atoms with Crippen LogP contribution in [0.2, 0.25) is 0 Å². The zero-order valence-electron chi connectivity index (χ0n) is 9.51. The second kappa shape index (κ2) is 4.06. The number of aromatic nitrogens is 4. The van der Waals surface area contributed by atoms with E-state index in [1.807, 2.05) is 6.92 Å². The fraction of sp³-hybridized carbons (Fsp3) is 0.600. The fourth-order valence-electron chi connectivity index (χ4n) is 2.12. The largest absolute Gasteiger partial charge is 0.347 e. The first-order valence-electron chi connectivity index (χ1n) is 5.74. The van der Waals surface area contributed by atoms with Gasteiger partial charge in [0.1, 0.15) is 0 Å². The first kappa shape index (κ1) is 10.6. The Balaban J connectivity index is 1.80. The smallest absolute Gasteiger partial charge is 0.282 e. The van der Waals surface area contributed by atoms with Crippen LogP contribution in [-0.2, 0) is 0 Å². The van der Waals surface area contributed by atoms with Crippen molar-refractivity contribution in [1.29, 1.82) is 0 Å². The molecule has 1 aliphatic carbocycles. The molecule has 1 amide bonds. The molecule has 0 aliphatic heterocycles. The van der Waals surface area contributed by atoms with E-state index in [4.69, 9.17) is 0 Å². The SMILES string of the molecule is Cc1nnc2sc(C(=O)NC3CCCC3)nn12. The third kappa shape index (κ3) is 1.90. The number of aryl methyl sites for hydroxylation is 1. The molecule has 17 heavy (non-hydrogen) atoms. The van der Waals surface area contributed by atoms with E-state index in [1.54, 1.807) is 4.52 Å². The van der Waals surface area contributed by atoms with Crippen LogP contribution in [0.25, 0.3) is 4.96 Å². The average molecular weight is 251 g/mol. The third-order valence-corrected chi connectivity index (χ3v) is 3.93. The monoisotopic (exact) mass is 251 g/mol. The molecule has 1 saturated carbocycles. The number of hydrogen-bond donors (Lipinski definition) is 1. The topological polar surface area (TPSA) is 72.2 Å². The molecule has 2 aromatic rings. The number of amides is 1. The summed E-state index contributed by atoms with van der Waals surface area (Å²) in [7, 11) is 0. The second-order valence-electron chi connectivity index (χ2n) is 4.30. The summed E-state index contributed by atoms with van der Waals surface area (Å²) in [5.74, 6) is 0.614. The van der Waals surface area contributed by atoms with Crippen molar-refractivity contribution < 1.29 is 4.79 Å². The van der Waals surface area contributed by atoms with Crippen LogP contribution in [0.1, 0.15) is 41.3 Å². The molecule has 2 aromatic heterocycles. The molecular formula is C10H13N5OS. The van der Waals surface area contributed by atoms with Gasteiger partial charge in [-0.25, -0.2) is 0 Å². The highest BCUT2D eigenvalue weighted by Crippen LogP contribution is 2.19. The molecule has 0 saturated heterocycles. The summed E-state index contributed by atoms with van der Waals surface area (Å²) in [5, 5.41) is 15.5. The van der Waals surface area contributed by atoms with Gasteiger partial charge in [0.15, 0.2) is 5.82 Å². The molecule has 0 bridgehead atoms. The zero-order valence-corrected chi connectivity index (χ0v) is 10.3. The molecule has 7 heteroatoms. The minimum Gasteiger partial charge on any atom is -0.347 e. The van der Waals surface area contributed by atoms with E-state index in [2.05, 4.69) is 20.6 Å². The Bertz CT molecular complexity index is 554. The van der Waals surface area contributed by atoms with Crippen LogP contribution in [-0.4, -0.2) is 31.8 Å². The summed E-state index contributed by atoms with van der Waals surface area (Å²) in [6.07, 6.45) is 4.56. The number of nitrogens with one attached hydrogen (secondary N) is 1. The molecule has 3 rings (SSSR count). The molecule has 1 N–H and O–H groups in total. The van der Waals surface area contributed by atoms with Crippen LogP contribution in [0.5, 0.6) is 0 Å². The number of hydrogen-bond acceptors (Lipinski definition) is 5. The highest BCUT2D eigenvalue weighted by atomic mass is 32.1. The lowest BCUT2D eigenvalue weighted by Gasteiger charge is -2.09. The minimum absolute atomic E-state index is 0.0909. The zero-order chi connectivity index (χ0) is 11.8. The van der Waals surface area contributed by atoms with E-state index in [1.165, 1.54) is 24.2 Å². The Morgan fingerprint density at radius 1 is 1.41 bits per heavy atom. The van der Waals surface area contributed by atoms with Gasteiger partial charge in [-0.05, 0) is 19.8 Å². The average Bonchev–Trinajstić information content (AvgIpc) is 2.97. The molecule has 0 radical (unpaired) electrons. The maximum atomic E-state index is 12.0. The molecule has 0 atom stereocenters. The van der Waals surface area contributed by atoms with Gasteiger partial charge >= 0.3 is 0 Å². The summed E-state index contributed by atoms with van der Waals surface area (Å²) in [6, 6.07) is 0.318. The van der Waals surface area contributed by atoms with Crippen molar-refractivity contribution in [3.8, 4) is 0 Å². The normalized spacial score (nSPS) is 16.8. The fourth-order valence-corrected chi connectivity index (χ4v) is 2.91. The van der Waals surface area contributed by atoms with Gasteiger partial charge in [-0.2, -0.15) is 4.52 Å². The Labute approximate surface area is 102 Å². The summed E-state index contributed by atoms with van der Waals surface area (Å²) in [6.45, 7) is 1.82. The summed E-state index contributed by atoms with van der Waals surface area (Å²) < 4.78 is 1.61. The van der Waals surface area contributed by atoms with Gasteiger partial charge < -0.3 is 5.32 Å². The molecule has 1 fully saturated rings. The first-order chi connectivity index (χ1) is 8.24. The van der Waals surface area contributed by atoms with Gasteiger partial charge in [0.25, 0.3) is 5.91 Å². The number of carbonyl (C=O) groups is 1. The molecule has 1 aliphatic rings. The van der Waals surface area contributed by atoms with Gasteiger partial charge in [-0.1, -0.05) is 24.2 Å². The van der Waals surface area contributed by atoms with Crippen LogP contribution in [0.3, 0.4) is 0 Å². The van der Waals surface area contributed by atoms with Crippen LogP contribution in [0, 0.1) is 6.92 Å². The van der Waals surface area contributed by atoms with Crippen molar-refractivity contribution in [1.82, 2.24) is 25.1 Å². The maximum Gasteiger partial charge on any atom is 0.282 e. The maximum absolute atomic E-state index is 12.0. The molecule has 90 valence electrons. The summed E-state index contributed by atoms with van der Waals surface area (Å²) in [5.41, 5.74) is 0. The van der Waals surface area contributed by atoms with Crippen molar-refractivity contribution >= 4 is 22.2 Å². The predicted octanol–water partition coefficient (Wildman–Crippen LogP) is 1.17. The Morgan fingerprint density at radius 2 is 2.18 bits per heavy atom. The Hall–Kier alpha value is -1.50. The van der Waals surface area contributed by atoms with Gasteiger partial charge in [-0.3, -0.25) is 4.79 Å². The van der Waals surface area contributed by atoms with Crippen LogP contribution in [0.4, 0.5) is 0 Å². The van der Waals surface area contributed by atoms with Crippen molar-refractivity contribution in [2.24, 2.45) is 0 Å². The Kier molecular flexibility index (Phi) is 2.54. The number of nitrogens with zero attached hydrogens (tertiary/aromatic N) is 4. The van der Waals surface area contributed by atoms with Gasteiger partial charge in [0.05, 0.1) is 0 Å². The van der Waals surface area contributed by atoms with E-state index in [9.17, 15) is 4.79 Å². The van der Waals surface area contributed by atoms with Gasteiger partial charge in [-0.15, -0.1) is 15.3 Å². The lowest BCUT2D eigenvalue weighted by atomic mass is 10.2. The van der Waals surface area contributed by atoms with Crippen molar-refractivity contribution in [3.05, 3.63) is 10.8 Å². The number of rotatable bonds is 2. The molecule has 0 unspecified atom stereocenters. The molecule has 0 spiro atoms. The summed E-state index contributed by atoms with van der Waals surface area (Å²) in [4.78, 5) is 12.6. The van der Waals surface area contributed by atoms with E-state index < -0.39 is 0 Å². The van der Waals surface area contributed by atoms with Crippen molar-refractivity contribution in [2.75, 3.05) is 0 Å². The lowest BCUT2D eigenvalue weighted by molar-refractivity contribution is 0.0936. The highest BCUT2D eigenvalue weighted by molar-refractivity contribution is 7.18. The minimum atomic E-state index is -0.0909. The third-order valence-electron chi connectivity index (χ3n) is 3.03. The second-order valence-corrected chi connectivity index (χ2v) is 5.26. The van der Waals surface area contributed by atoms with Crippen LogP contribution in [0.15, 0.2) is 0 Å². The van der Waals surface area contributed by atoms with E-state index in [-0.39, 0.29) is 5.91 Å². The van der Waals surface area contributed by atoms with Crippen molar-refractivity contribution in [2.45, 2.75) is 38.6 Å². The van der Waals surface area contributed by atoms with Crippen LogP contribution < -0.4 is 5.32 Å². The lowest BCUT2D eigenvalue weighted by Crippen LogP contribution is -2.32. The molecular weight excluding hydrogens is 238 g/mol. The molecule has 2 heterocycles. The van der Waals surface area contributed by atoms with Crippen LogP contribution >= 0.6 is 11.3 Å². The first-order valence-corrected chi connectivity index (χ1v) is 6.55. The van der Waals surface area contributed by atoms with E-state index >= 15 is 0 Å². The van der Waals surface area contributed by atoms with Gasteiger partial charge in [0.2, 0.25) is 9.97 Å². The Morgan fingerprint density at radius 3 is 2.88 bits per heavy atom. The van der Waals surface area contributed by atoms with E-state index in [0.717, 1.165) is 12.8 Å². The molecule has 6 nitrogen and oxygen atoms in total. The standard InChI is InChI=1S/C10H13N5OS/c1-6-12-13-10-15(6)14-9(17-10)8(16)11-7-4-2-3-5-7/h7H,2-5H2,1H3,(H,11,16). The van der Waals surface area contributed by atoms with E-state index in [0.29, 0.717) is 21.8 Å². The highest BCUT2D eigenvalue weighted by Gasteiger charge is 2.21. The predicted molar refractivity (Wildman–Crippen MR) is 63.1 cm³/mol. The quantitative estimate of drug-likeness (QED) is 0.869. The molecule has 0 aromatic carbocycles. The van der Waals surface area contributed by atoms with Crippen molar-refractivity contribution in [3.63, 3.8) is 0 Å². The number of carbonyl (C=O) groups excluding carboxylic acids is 1.